The third-order valence-corrected chi connectivity index (χ3v) is 3.56. The number of likely N-dealkylation sites (N-methyl/N-ethyl adjacent to an activating group) is 1. The van der Waals surface area contributed by atoms with E-state index in [1.54, 1.807) is 24.1 Å². The highest BCUT2D eigenvalue weighted by Gasteiger charge is 2.13. The fraction of sp³-hybridized carbons (Fsp3) is 0.263. The van der Waals surface area contributed by atoms with Crippen LogP contribution in [0.15, 0.2) is 42.5 Å². The van der Waals surface area contributed by atoms with E-state index >= 15 is 0 Å². The van der Waals surface area contributed by atoms with Crippen molar-refractivity contribution in [1.82, 2.24) is 4.90 Å². The first kappa shape index (κ1) is 19.4. The number of aryl methyl sites for hydroxylation is 1. The van der Waals surface area contributed by atoms with Gasteiger partial charge in [-0.2, -0.15) is 0 Å². The summed E-state index contributed by atoms with van der Waals surface area (Å²) in [5, 5.41) is 5.37. The van der Waals surface area contributed by atoms with Crippen LogP contribution < -0.4 is 15.4 Å². The van der Waals surface area contributed by atoms with Crippen molar-refractivity contribution in [1.29, 1.82) is 0 Å². The second-order valence-electron chi connectivity index (χ2n) is 5.98. The number of hydrogen-bond acceptors (Lipinski definition) is 4. The number of rotatable bonds is 7. The fourth-order valence-corrected chi connectivity index (χ4v) is 2.42. The zero-order valence-corrected chi connectivity index (χ0v) is 15.0. The second-order valence-corrected chi connectivity index (χ2v) is 5.98. The molecule has 0 saturated heterocycles. The number of halogens is 1. The number of ether oxygens (including phenoxy) is 1. The number of nitrogens with one attached hydrogen (secondary N) is 2. The van der Waals surface area contributed by atoms with E-state index in [-0.39, 0.29) is 24.9 Å². The molecule has 0 saturated carbocycles. The Balaban J connectivity index is 1.87. The van der Waals surface area contributed by atoms with Gasteiger partial charge in [0, 0.05) is 5.69 Å². The van der Waals surface area contributed by atoms with Crippen LogP contribution in [-0.4, -0.2) is 44.0 Å². The van der Waals surface area contributed by atoms with Gasteiger partial charge in [0.25, 0.3) is 0 Å². The van der Waals surface area contributed by atoms with Gasteiger partial charge in [0.2, 0.25) is 11.8 Å². The minimum absolute atomic E-state index is 0.00507. The van der Waals surface area contributed by atoms with Crippen molar-refractivity contribution >= 4 is 23.2 Å². The molecule has 2 N–H and O–H groups in total. The van der Waals surface area contributed by atoms with Crippen molar-refractivity contribution in [2.24, 2.45) is 0 Å². The lowest BCUT2D eigenvalue weighted by atomic mass is 10.2. The maximum Gasteiger partial charge on any atom is 0.238 e. The molecule has 0 fully saturated rings. The van der Waals surface area contributed by atoms with Crippen molar-refractivity contribution in [3.05, 3.63) is 53.8 Å². The number of nitrogens with zero attached hydrogens (tertiary/aromatic N) is 1. The Kier molecular flexibility index (Phi) is 6.68. The van der Waals surface area contributed by atoms with Crippen LogP contribution in [-0.2, 0) is 9.59 Å². The lowest BCUT2D eigenvalue weighted by Crippen LogP contribution is -2.36. The number of carbonyl (C=O) groups excluding carboxylic acids is 2. The van der Waals surface area contributed by atoms with E-state index < -0.39 is 5.82 Å². The molecule has 0 aliphatic heterocycles. The van der Waals surface area contributed by atoms with Gasteiger partial charge >= 0.3 is 0 Å². The normalized spacial score (nSPS) is 10.5. The summed E-state index contributed by atoms with van der Waals surface area (Å²) in [6.45, 7) is 1.93. The summed E-state index contributed by atoms with van der Waals surface area (Å²) in [5.74, 6) is -0.466. The van der Waals surface area contributed by atoms with Crippen molar-refractivity contribution in [3.8, 4) is 5.75 Å². The molecular weight excluding hydrogens is 337 g/mol. The van der Waals surface area contributed by atoms with Crippen LogP contribution >= 0.6 is 0 Å². The number of methoxy groups -OCH3 is 1. The Morgan fingerprint density at radius 1 is 1.08 bits per heavy atom. The van der Waals surface area contributed by atoms with Crippen molar-refractivity contribution in [2.75, 3.05) is 37.9 Å². The van der Waals surface area contributed by atoms with E-state index in [4.69, 9.17) is 4.74 Å². The number of benzene rings is 2. The average molecular weight is 359 g/mol. The molecule has 0 bridgehead atoms. The summed E-state index contributed by atoms with van der Waals surface area (Å²) >= 11 is 0. The summed E-state index contributed by atoms with van der Waals surface area (Å²) in [7, 11) is 3.18. The minimum Gasteiger partial charge on any atom is -0.495 e. The van der Waals surface area contributed by atoms with Gasteiger partial charge in [-0.05, 0) is 49.9 Å². The maximum atomic E-state index is 13.1. The first-order valence-corrected chi connectivity index (χ1v) is 8.06. The first-order chi connectivity index (χ1) is 12.4. The SMILES string of the molecule is COc1ccc(C)cc1NC(=O)CN(C)CC(=O)Nc1cccc(F)c1. The third kappa shape index (κ3) is 5.86. The molecule has 0 spiro atoms. The van der Waals surface area contributed by atoms with Crippen LogP contribution in [0.5, 0.6) is 5.75 Å². The van der Waals surface area contributed by atoms with E-state index in [0.717, 1.165) is 5.56 Å². The topological polar surface area (TPSA) is 70.7 Å². The zero-order chi connectivity index (χ0) is 19.1. The molecule has 6 nitrogen and oxygen atoms in total. The minimum atomic E-state index is -0.428. The Morgan fingerprint density at radius 2 is 1.77 bits per heavy atom. The van der Waals surface area contributed by atoms with Gasteiger partial charge in [0.05, 0.1) is 25.9 Å². The molecule has 7 heteroatoms. The van der Waals surface area contributed by atoms with Gasteiger partial charge < -0.3 is 15.4 Å². The first-order valence-electron chi connectivity index (χ1n) is 8.06. The van der Waals surface area contributed by atoms with E-state index in [2.05, 4.69) is 10.6 Å². The van der Waals surface area contributed by atoms with Crippen molar-refractivity contribution < 1.29 is 18.7 Å². The highest BCUT2D eigenvalue weighted by atomic mass is 19.1. The molecule has 0 aliphatic rings. The average Bonchev–Trinajstić information content (AvgIpc) is 2.54. The second kappa shape index (κ2) is 8.96. The van der Waals surface area contributed by atoms with Crippen LogP contribution in [0.4, 0.5) is 15.8 Å². The van der Waals surface area contributed by atoms with Crippen LogP contribution in [0.1, 0.15) is 5.56 Å². The molecule has 0 heterocycles. The van der Waals surface area contributed by atoms with Crippen LogP contribution in [0.2, 0.25) is 0 Å². The summed E-state index contributed by atoms with van der Waals surface area (Å²) < 4.78 is 18.3. The van der Waals surface area contributed by atoms with E-state index in [0.29, 0.717) is 17.1 Å². The van der Waals surface area contributed by atoms with Gasteiger partial charge in [0.1, 0.15) is 11.6 Å². The summed E-state index contributed by atoms with van der Waals surface area (Å²) in [6.07, 6.45) is 0. The van der Waals surface area contributed by atoms with Crippen LogP contribution in [0.25, 0.3) is 0 Å². The van der Waals surface area contributed by atoms with Crippen LogP contribution in [0, 0.1) is 12.7 Å². The highest BCUT2D eigenvalue weighted by Crippen LogP contribution is 2.25. The molecule has 26 heavy (non-hydrogen) atoms. The zero-order valence-electron chi connectivity index (χ0n) is 15.0. The van der Waals surface area contributed by atoms with Gasteiger partial charge in [-0.3, -0.25) is 14.5 Å². The number of hydrogen-bond donors (Lipinski definition) is 2. The van der Waals surface area contributed by atoms with Gasteiger partial charge in [-0.15, -0.1) is 0 Å². The van der Waals surface area contributed by atoms with Gasteiger partial charge in [0.15, 0.2) is 0 Å². The lowest BCUT2D eigenvalue weighted by molar-refractivity contribution is -0.119. The fourth-order valence-electron chi connectivity index (χ4n) is 2.42. The Labute approximate surface area is 152 Å². The highest BCUT2D eigenvalue weighted by molar-refractivity contribution is 5.95. The predicted octanol–water partition coefficient (Wildman–Crippen LogP) is 2.65. The molecule has 2 aromatic carbocycles. The molecule has 2 aromatic rings. The smallest absolute Gasteiger partial charge is 0.238 e. The molecule has 138 valence electrons. The standard InChI is InChI=1S/C19H22FN3O3/c1-13-7-8-17(26-3)16(9-13)22-19(25)12-23(2)11-18(24)21-15-6-4-5-14(20)10-15/h4-10H,11-12H2,1-3H3,(H,21,24)(H,22,25). The summed E-state index contributed by atoms with van der Waals surface area (Å²) in [4.78, 5) is 25.8. The summed E-state index contributed by atoms with van der Waals surface area (Å²) in [5.41, 5.74) is 1.94. The Bertz CT molecular complexity index is 795. The van der Waals surface area contributed by atoms with E-state index in [9.17, 15) is 14.0 Å². The Hall–Kier alpha value is -2.93. The summed E-state index contributed by atoms with van der Waals surface area (Å²) in [6, 6.07) is 11.1. The Morgan fingerprint density at radius 3 is 2.42 bits per heavy atom. The predicted molar refractivity (Wildman–Crippen MR) is 98.9 cm³/mol. The molecular formula is C19H22FN3O3. The van der Waals surface area contributed by atoms with Crippen molar-refractivity contribution in [2.45, 2.75) is 6.92 Å². The quantitative estimate of drug-likeness (QED) is 0.797. The number of anilines is 2. The van der Waals surface area contributed by atoms with Crippen molar-refractivity contribution in [3.63, 3.8) is 0 Å². The molecule has 2 rings (SSSR count). The van der Waals surface area contributed by atoms with E-state index in [1.807, 2.05) is 19.1 Å². The molecule has 0 aromatic heterocycles. The molecule has 2 amide bonds. The van der Waals surface area contributed by atoms with E-state index in [1.165, 1.54) is 25.3 Å². The third-order valence-electron chi connectivity index (χ3n) is 3.56. The molecule has 0 atom stereocenters. The largest absolute Gasteiger partial charge is 0.495 e. The van der Waals surface area contributed by atoms with Gasteiger partial charge in [-0.25, -0.2) is 4.39 Å². The molecule has 0 unspecified atom stereocenters. The maximum absolute atomic E-state index is 13.1. The number of carbonyl (C=O) groups is 2. The molecule has 0 radical (unpaired) electrons. The van der Waals surface area contributed by atoms with Gasteiger partial charge in [-0.1, -0.05) is 12.1 Å². The molecule has 0 aliphatic carbocycles. The lowest BCUT2D eigenvalue weighted by Gasteiger charge is -2.17. The number of amides is 2. The monoisotopic (exact) mass is 359 g/mol. The van der Waals surface area contributed by atoms with Crippen LogP contribution in [0.3, 0.4) is 0 Å².